The number of ether oxygens (including phenoxy) is 4. The average molecular weight is 677 g/mol. The first-order valence-electron chi connectivity index (χ1n) is 17.1. The zero-order valence-corrected chi connectivity index (χ0v) is 28.9. The predicted molar refractivity (Wildman–Crippen MR) is 191 cm³/mol. The summed E-state index contributed by atoms with van der Waals surface area (Å²) in [6, 6.07) is 27.4. The van der Waals surface area contributed by atoms with Crippen LogP contribution in [0.3, 0.4) is 0 Å². The highest BCUT2D eigenvalue weighted by Crippen LogP contribution is 2.42. The summed E-state index contributed by atoms with van der Waals surface area (Å²) in [5.41, 5.74) is 4.89. The average Bonchev–Trinajstić information content (AvgIpc) is 3.14. The molecule has 1 amide bonds. The summed E-state index contributed by atoms with van der Waals surface area (Å²) in [5.74, 6) is 2.09. The van der Waals surface area contributed by atoms with Crippen LogP contribution in [0.4, 0.5) is 0 Å². The summed E-state index contributed by atoms with van der Waals surface area (Å²) in [5, 5.41) is 13.1. The molecule has 9 heteroatoms. The summed E-state index contributed by atoms with van der Waals surface area (Å²) in [6.07, 6.45) is 2.89. The lowest BCUT2D eigenvalue weighted by Crippen LogP contribution is -2.55. The van der Waals surface area contributed by atoms with Gasteiger partial charge in [0, 0.05) is 19.0 Å². The number of hydrogen-bond donors (Lipinski definition) is 2. The van der Waals surface area contributed by atoms with Crippen molar-refractivity contribution in [2.24, 2.45) is 0 Å². The van der Waals surface area contributed by atoms with E-state index in [1.807, 2.05) is 86.7 Å². The summed E-state index contributed by atoms with van der Waals surface area (Å²) >= 11 is 0. The summed E-state index contributed by atoms with van der Waals surface area (Å²) in [6.45, 7) is 6.70. The van der Waals surface area contributed by atoms with Gasteiger partial charge in [0.05, 0.1) is 18.9 Å². The Hall–Kier alpha value is -5.28. The molecule has 2 N–H and O–H groups in total. The van der Waals surface area contributed by atoms with Gasteiger partial charge in [-0.05, 0) is 97.0 Å². The monoisotopic (exact) mass is 676 g/mol. The third kappa shape index (κ3) is 7.79. The highest BCUT2D eigenvalue weighted by Gasteiger charge is 2.38. The first kappa shape index (κ1) is 34.6. The number of amides is 1. The van der Waals surface area contributed by atoms with Gasteiger partial charge in [0.1, 0.15) is 24.1 Å². The van der Waals surface area contributed by atoms with Gasteiger partial charge in [0.25, 0.3) is 0 Å². The minimum atomic E-state index is -1.11. The number of allylic oxidation sites excluding steroid dienone is 2. The summed E-state index contributed by atoms with van der Waals surface area (Å²) < 4.78 is 23.7. The number of aliphatic carboxylic acids is 1. The van der Waals surface area contributed by atoms with Gasteiger partial charge in [0.15, 0.2) is 17.6 Å². The van der Waals surface area contributed by atoms with Crippen LogP contribution in [0.5, 0.6) is 23.0 Å². The van der Waals surface area contributed by atoms with E-state index in [2.05, 4.69) is 29.3 Å². The first-order valence-corrected chi connectivity index (χ1v) is 17.1. The van der Waals surface area contributed by atoms with E-state index >= 15 is 0 Å². The number of nitrogens with zero attached hydrogens (tertiary/aromatic N) is 1. The Bertz CT molecular complexity index is 1820. The van der Waals surface area contributed by atoms with Crippen molar-refractivity contribution in [3.63, 3.8) is 0 Å². The second-order valence-corrected chi connectivity index (χ2v) is 12.7. The highest BCUT2D eigenvalue weighted by molar-refractivity contribution is 5.87. The molecule has 2 aliphatic rings. The fourth-order valence-corrected chi connectivity index (χ4v) is 6.70. The molecular weight excluding hydrogens is 632 g/mol. The van der Waals surface area contributed by atoms with Crippen LogP contribution in [-0.4, -0.2) is 47.7 Å². The van der Waals surface area contributed by atoms with Crippen LogP contribution < -0.4 is 24.3 Å². The van der Waals surface area contributed by atoms with Crippen LogP contribution in [0.2, 0.25) is 0 Å². The number of rotatable bonds is 12. The van der Waals surface area contributed by atoms with Crippen molar-refractivity contribution < 1.29 is 33.6 Å². The molecule has 0 fully saturated rings. The van der Waals surface area contributed by atoms with Crippen molar-refractivity contribution in [2.75, 3.05) is 13.7 Å². The largest absolute Gasteiger partial charge is 0.497 e. The number of fused-ring (bicyclic) bond motifs is 2. The van der Waals surface area contributed by atoms with E-state index in [9.17, 15) is 14.7 Å². The van der Waals surface area contributed by atoms with Gasteiger partial charge < -0.3 is 29.4 Å². The maximum atomic E-state index is 14.2. The summed E-state index contributed by atoms with van der Waals surface area (Å²) in [7, 11) is 1.64. The Morgan fingerprint density at radius 2 is 1.68 bits per heavy atom. The van der Waals surface area contributed by atoms with Crippen LogP contribution >= 0.6 is 0 Å². The topological polar surface area (TPSA) is 107 Å². The minimum Gasteiger partial charge on any atom is -0.497 e. The maximum absolute atomic E-state index is 14.2. The summed E-state index contributed by atoms with van der Waals surface area (Å²) in [4.78, 5) is 28.9. The van der Waals surface area contributed by atoms with Gasteiger partial charge >= 0.3 is 5.97 Å². The molecule has 4 aromatic carbocycles. The van der Waals surface area contributed by atoms with Crippen LogP contribution in [-0.2, 0) is 29.0 Å². The smallest absolute Gasteiger partial charge is 0.326 e. The Kier molecular flexibility index (Phi) is 10.7. The number of carboxylic acids is 1. The zero-order chi connectivity index (χ0) is 35.2. The SMILES string of the molecule is C/C=C(\C)Oc1ccc(C[C@H](NC(=O)[C@@H]2Cc3cc4c(cc3CN2[C@@H](CC)c2ccccc2)O[C@@H](c2ccc(OC)cc2)CO4)C(=O)O)cc1. The van der Waals surface area contributed by atoms with Crippen LogP contribution in [0, 0.1) is 0 Å². The molecule has 0 spiro atoms. The van der Waals surface area contributed by atoms with Gasteiger partial charge in [0.2, 0.25) is 5.91 Å². The van der Waals surface area contributed by atoms with Crippen LogP contribution in [0.15, 0.2) is 103 Å². The van der Waals surface area contributed by atoms with Gasteiger partial charge in [-0.3, -0.25) is 9.69 Å². The fraction of sp³-hybridized carbons (Fsp3) is 0.317. The molecule has 2 heterocycles. The highest BCUT2D eigenvalue weighted by atomic mass is 16.6. The van der Waals surface area contributed by atoms with Crippen molar-refractivity contribution >= 4 is 11.9 Å². The van der Waals surface area contributed by atoms with Crippen molar-refractivity contribution in [3.8, 4) is 23.0 Å². The standard InChI is InChI=1S/C41H44N2O7/c1-5-26(3)49-33-16-12-27(13-17-33)20-34(41(45)46)42-40(44)36-21-30-22-37-38(50-39(25-48-37)29-14-18-32(47-4)19-15-29)23-31(30)24-43(36)35(6-2)28-10-8-7-9-11-28/h5,7-19,22-23,34-36,39H,6,20-21,24-25H2,1-4H3,(H,42,44)(H,45,46)/b26-5+/t34-,35-,36-,39+/m0/s1. The lowest BCUT2D eigenvalue weighted by molar-refractivity contribution is -0.143. The molecule has 0 radical (unpaired) electrons. The molecule has 0 unspecified atom stereocenters. The maximum Gasteiger partial charge on any atom is 0.326 e. The van der Waals surface area contributed by atoms with Crippen molar-refractivity contribution in [1.82, 2.24) is 10.2 Å². The molecule has 2 aliphatic heterocycles. The molecule has 0 aromatic heterocycles. The van der Waals surface area contributed by atoms with E-state index < -0.39 is 18.1 Å². The molecule has 0 saturated carbocycles. The second kappa shape index (κ2) is 15.5. The second-order valence-electron chi connectivity index (χ2n) is 12.7. The van der Waals surface area contributed by atoms with Crippen LogP contribution in [0.25, 0.3) is 0 Å². The molecule has 4 aromatic rings. The normalized spacial score (nSPS) is 18.4. The lowest BCUT2D eigenvalue weighted by Gasteiger charge is -2.42. The Morgan fingerprint density at radius 1 is 0.980 bits per heavy atom. The van der Waals surface area contributed by atoms with E-state index in [1.54, 1.807) is 19.2 Å². The Morgan fingerprint density at radius 3 is 2.34 bits per heavy atom. The number of carbonyl (C=O) groups is 2. The molecule has 260 valence electrons. The number of carbonyl (C=O) groups excluding carboxylic acids is 1. The number of benzene rings is 4. The Balaban J connectivity index is 1.25. The van der Waals surface area contributed by atoms with Crippen molar-refractivity contribution in [3.05, 3.63) is 131 Å². The molecular formula is C41H44N2O7. The van der Waals surface area contributed by atoms with Gasteiger partial charge in [-0.1, -0.05) is 61.5 Å². The van der Waals surface area contributed by atoms with Gasteiger partial charge in [-0.2, -0.15) is 0 Å². The number of hydrogen-bond acceptors (Lipinski definition) is 7. The van der Waals surface area contributed by atoms with Gasteiger partial charge in [-0.15, -0.1) is 0 Å². The molecule has 0 saturated heterocycles. The fourth-order valence-electron chi connectivity index (χ4n) is 6.70. The van der Waals surface area contributed by atoms with E-state index in [-0.39, 0.29) is 24.5 Å². The third-order valence-corrected chi connectivity index (χ3v) is 9.52. The van der Waals surface area contributed by atoms with E-state index in [1.165, 1.54) is 0 Å². The number of nitrogens with one attached hydrogen (secondary N) is 1. The van der Waals surface area contributed by atoms with E-state index in [0.717, 1.165) is 45.7 Å². The Labute approximate surface area is 293 Å². The van der Waals surface area contributed by atoms with Crippen molar-refractivity contribution in [1.29, 1.82) is 0 Å². The lowest BCUT2D eigenvalue weighted by atomic mass is 9.89. The number of methoxy groups -OCH3 is 1. The molecule has 0 aliphatic carbocycles. The van der Waals surface area contributed by atoms with Gasteiger partial charge in [-0.25, -0.2) is 4.79 Å². The molecule has 0 bridgehead atoms. The minimum absolute atomic E-state index is 0.0724. The van der Waals surface area contributed by atoms with Crippen LogP contribution in [0.1, 0.15) is 67.2 Å². The molecule has 9 nitrogen and oxygen atoms in total. The molecule has 6 rings (SSSR count). The molecule has 4 atom stereocenters. The predicted octanol–water partition coefficient (Wildman–Crippen LogP) is 7.20. The number of carboxylic acid groups (broad SMARTS) is 1. The quantitative estimate of drug-likeness (QED) is 0.152. The first-order chi connectivity index (χ1) is 24.3. The molecule has 50 heavy (non-hydrogen) atoms. The van der Waals surface area contributed by atoms with Crippen molar-refractivity contribution in [2.45, 2.75) is 70.8 Å². The zero-order valence-electron chi connectivity index (χ0n) is 28.9. The van der Waals surface area contributed by atoms with E-state index in [4.69, 9.17) is 18.9 Å². The van der Waals surface area contributed by atoms with E-state index in [0.29, 0.717) is 36.8 Å². The third-order valence-electron chi connectivity index (χ3n) is 9.52.